The number of nitrogens with one attached hydrogen (secondary N) is 1. The smallest absolute Gasteiger partial charge is 0.243 e. The third kappa shape index (κ3) is 2.03. The topological polar surface area (TPSA) is 28.9 Å². The molecule has 54 valence electrons. The Kier molecular flexibility index (Phi) is 2.70. The minimum Gasteiger partial charge on any atom is -0.338 e. The largest absolute Gasteiger partial charge is 0.338 e. The van der Waals surface area contributed by atoms with E-state index in [0.29, 0.717) is 13.3 Å². The Morgan fingerprint density at radius 2 is 2.60 bits per heavy atom. The first-order valence-electron chi connectivity index (χ1n) is 3.14. The minimum absolute atomic E-state index is 0.579. The van der Waals surface area contributed by atoms with Gasteiger partial charge in [0, 0.05) is 0 Å². The first-order chi connectivity index (χ1) is 4.93. The first-order valence-corrected chi connectivity index (χ1v) is 3.14. The van der Waals surface area contributed by atoms with E-state index in [9.17, 15) is 0 Å². The molecule has 3 nitrogen and oxygen atoms in total. The molecule has 0 radical (unpaired) electrons. The molecule has 1 rings (SSSR count). The summed E-state index contributed by atoms with van der Waals surface area (Å²) in [4.78, 5) is 2.91. The zero-order chi connectivity index (χ0) is 7.23. The summed E-state index contributed by atoms with van der Waals surface area (Å²) in [7, 11) is 0. The predicted molar refractivity (Wildman–Crippen MR) is 37.1 cm³/mol. The molecule has 3 heteroatoms. The fourth-order valence-corrected chi connectivity index (χ4v) is 0.642. The van der Waals surface area contributed by atoms with Crippen LogP contribution in [-0.4, -0.2) is 11.6 Å². The summed E-state index contributed by atoms with van der Waals surface area (Å²) in [5, 5.41) is 0. The van der Waals surface area contributed by atoms with Gasteiger partial charge in [-0.15, -0.1) is 6.58 Å². The van der Waals surface area contributed by atoms with Crippen molar-refractivity contribution in [2.45, 2.75) is 6.73 Å². The number of hydrogen-bond donors (Lipinski definition) is 1. The lowest BCUT2D eigenvalue weighted by atomic mass is 10.7. The lowest BCUT2D eigenvalue weighted by Crippen LogP contribution is -2.31. The van der Waals surface area contributed by atoms with Crippen LogP contribution in [0.5, 0.6) is 0 Å². The maximum atomic E-state index is 5.15. The highest BCUT2D eigenvalue weighted by Crippen LogP contribution is 1.74. The van der Waals surface area contributed by atoms with E-state index in [2.05, 4.69) is 11.6 Å². The van der Waals surface area contributed by atoms with Crippen molar-refractivity contribution < 1.29 is 9.30 Å². The molecule has 1 aromatic heterocycles. The van der Waals surface area contributed by atoms with Crippen molar-refractivity contribution in [3.8, 4) is 0 Å². The van der Waals surface area contributed by atoms with Gasteiger partial charge in [0.15, 0.2) is 6.73 Å². The summed E-state index contributed by atoms with van der Waals surface area (Å²) < 4.78 is 7.06. The maximum Gasteiger partial charge on any atom is 0.243 e. The molecule has 10 heavy (non-hydrogen) atoms. The molecular weight excluding hydrogens is 128 g/mol. The Morgan fingerprint density at radius 1 is 1.70 bits per heavy atom. The number of aromatic amines is 1. The number of rotatable bonds is 4. The van der Waals surface area contributed by atoms with Crippen molar-refractivity contribution in [2.75, 3.05) is 6.61 Å². The average molecular weight is 139 g/mol. The van der Waals surface area contributed by atoms with Gasteiger partial charge in [-0.05, 0) is 0 Å². The molecule has 1 heterocycles. The molecule has 0 saturated heterocycles. The van der Waals surface area contributed by atoms with Crippen LogP contribution in [0.1, 0.15) is 0 Å². The van der Waals surface area contributed by atoms with Crippen molar-refractivity contribution in [1.82, 2.24) is 4.98 Å². The van der Waals surface area contributed by atoms with Crippen LogP contribution in [0.15, 0.2) is 31.4 Å². The molecule has 0 bridgehead atoms. The van der Waals surface area contributed by atoms with Crippen LogP contribution < -0.4 is 4.57 Å². The molecule has 0 aliphatic rings. The monoisotopic (exact) mass is 139 g/mol. The van der Waals surface area contributed by atoms with Gasteiger partial charge in [-0.2, -0.15) is 0 Å². The fraction of sp³-hybridized carbons (Fsp3) is 0.286. The van der Waals surface area contributed by atoms with Gasteiger partial charge in [0.2, 0.25) is 6.33 Å². The van der Waals surface area contributed by atoms with Gasteiger partial charge in [0.1, 0.15) is 12.4 Å². The Morgan fingerprint density at radius 3 is 3.20 bits per heavy atom. The van der Waals surface area contributed by atoms with Crippen molar-refractivity contribution in [2.24, 2.45) is 0 Å². The second kappa shape index (κ2) is 3.85. The summed E-state index contributed by atoms with van der Waals surface area (Å²) in [6.45, 7) is 4.71. The van der Waals surface area contributed by atoms with Gasteiger partial charge in [-0.1, -0.05) is 6.08 Å². The number of H-pyrrole nitrogens is 1. The molecule has 0 aliphatic heterocycles. The Hall–Kier alpha value is -1.09. The van der Waals surface area contributed by atoms with Gasteiger partial charge < -0.3 is 4.74 Å². The van der Waals surface area contributed by atoms with Crippen molar-refractivity contribution in [3.63, 3.8) is 0 Å². The molecule has 0 unspecified atom stereocenters. The molecule has 0 aromatic carbocycles. The maximum absolute atomic E-state index is 5.15. The summed E-state index contributed by atoms with van der Waals surface area (Å²) in [5.41, 5.74) is 0. The predicted octanol–water partition coefficient (Wildman–Crippen LogP) is 0.462. The summed E-state index contributed by atoms with van der Waals surface area (Å²) in [5.74, 6) is 0. The SMILES string of the molecule is C=CCOC[n+]1cc[nH]c1. The van der Waals surface area contributed by atoms with Crippen LogP contribution in [-0.2, 0) is 11.5 Å². The highest BCUT2D eigenvalue weighted by molar-refractivity contribution is 4.62. The van der Waals surface area contributed by atoms with Crippen LogP contribution in [0.25, 0.3) is 0 Å². The summed E-state index contributed by atoms with van der Waals surface area (Å²) in [6.07, 6.45) is 7.32. The van der Waals surface area contributed by atoms with Gasteiger partial charge >= 0.3 is 0 Å². The zero-order valence-corrected chi connectivity index (χ0v) is 5.79. The quantitative estimate of drug-likeness (QED) is 0.366. The van der Waals surface area contributed by atoms with E-state index in [0.717, 1.165) is 0 Å². The molecule has 0 saturated carbocycles. The van der Waals surface area contributed by atoms with E-state index in [-0.39, 0.29) is 0 Å². The number of aromatic nitrogens is 2. The van der Waals surface area contributed by atoms with Gasteiger partial charge in [-0.3, -0.25) is 4.98 Å². The van der Waals surface area contributed by atoms with Crippen LogP contribution >= 0.6 is 0 Å². The number of imidazole rings is 1. The second-order valence-electron chi connectivity index (χ2n) is 1.91. The van der Waals surface area contributed by atoms with E-state index < -0.39 is 0 Å². The first kappa shape index (κ1) is 7.02. The van der Waals surface area contributed by atoms with Crippen molar-refractivity contribution in [1.29, 1.82) is 0 Å². The molecule has 0 aliphatic carbocycles. The second-order valence-corrected chi connectivity index (χ2v) is 1.91. The molecule has 1 aromatic rings. The third-order valence-corrected chi connectivity index (χ3v) is 1.08. The van der Waals surface area contributed by atoms with Gasteiger partial charge in [0.05, 0.1) is 6.61 Å². The van der Waals surface area contributed by atoms with E-state index in [1.807, 2.05) is 23.3 Å². The number of nitrogens with zero attached hydrogens (tertiary/aromatic N) is 1. The molecule has 0 spiro atoms. The molecular formula is C7H11N2O+. The number of ether oxygens (including phenoxy) is 1. The van der Waals surface area contributed by atoms with Gasteiger partial charge in [-0.25, -0.2) is 4.57 Å². The Balaban J connectivity index is 2.21. The minimum atomic E-state index is 0.579. The highest BCUT2D eigenvalue weighted by Gasteiger charge is 1.92. The van der Waals surface area contributed by atoms with E-state index >= 15 is 0 Å². The van der Waals surface area contributed by atoms with E-state index in [1.54, 1.807) is 6.08 Å². The zero-order valence-electron chi connectivity index (χ0n) is 5.79. The third-order valence-electron chi connectivity index (χ3n) is 1.08. The van der Waals surface area contributed by atoms with Crippen molar-refractivity contribution >= 4 is 0 Å². The normalized spacial score (nSPS) is 9.60. The average Bonchev–Trinajstić information content (AvgIpc) is 2.41. The molecule has 0 fully saturated rings. The standard InChI is InChI=1S/C7H10N2O/c1-2-5-10-7-9-4-3-8-6-9/h2-4,6H,1,5,7H2/p+1. The lowest BCUT2D eigenvalue weighted by molar-refractivity contribution is -0.731. The molecule has 0 amide bonds. The summed E-state index contributed by atoms with van der Waals surface area (Å²) >= 11 is 0. The van der Waals surface area contributed by atoms with Gasteiger partial charge in [0.25, 0.3) is 0 Å². The Labute approximate surface area is 60.0 Å². The van der Waals surface area contributed by atoms with Crippen LogP contribution in [0.2, 0.25) is 0 Å². The van der Waals surface area contributed by atoms with E-state index in [4.69, 9.17) is 4.74 Å². The molecule has 1 N–H and O–H groups in total. The van der Waals surface area contributed by atoms with Crippen LogP contribution in [0.4, 0.5) is 0 Å². The molecule has 0 atom stereocenters. The van der Waals surface area contributed by atoms with Crippen molar-refractivity contribution in [3.05, 3.63) is 31.4 Å². The van der Waals surface area contributed by atoms with Crippen LogP contribution in [0, 0.1) is 0 Å². The Bertz CT molecular complexity index is 181. The number of hydrogen-bond acceptors (Lipinski definition) is 1. The summed E-state index contributed by atoms with van der Waals surface area (Å²) in [6, 6.07) is 0. The fourth-order valence-electron chi connectivity index (χ4n) is 0.642. The highest BCUT2D eigenvalue weighted by atomic mass is 16.5. The lowest BCUT2D eigenvalue weighted by Gasteiger charge is -1.94. The van der Waals surface area contributed by atoms with E-state index in [1.165, 1.54) is 0 Å². The van der Waals surface area contributed by atoms with Crippen LogP contribution in [0.3, 0.4) is 0 Å².